The molecule has 1 unspecified atom stereocenters. The van der Waals surface area contributed by atoms with Gasteiger partial charge in [0.2, 0.25) is 0 Å². The van der Waals surface area contributed by atoms with E-state index in [9.17, 15) is 4.79 Å². The fraction of sp³-hybridized carbons (Fsp3) is 0.353. The highest BCUT2D eigenvalue weighted by molar-refractivity contribution is 14.1. The number of oxime groups is 1. The molecule has 0 bridgehead atoms. The highest BCUT2D eigenvalue weighted by atomic mass is 127. The summed E-state index contributed by atoms with van der Waals surface area (Å²) in [7, 11) is 0. The smallest absolute Gasteiger partial charge is 0.261 e. The van der Waals surface area contributed by atoms with Crippen LogP contribution in [0.4, 0.5) is 0 Å². The predicted molar refractivity (Wildman–Crippen MR) is 102 cm³/mol. The zero-order chi connectivity index (χ0) is 17.7. The SMILES string of the molecule is CCC(Oc1ccc2ncc(I)cc2c1)C(=O)NC(C)(C)C=NO. The standard InChI is InChI=1S/C17H20IN3O3/c1-4-15(16(22)21-17(2,3)10-20-23)24-13-5-6-14-11(8-13)7-12(18)9-19-14/h5-10,15,23H,4H2,1-3H3,(H,21,22). The van der Waals surface area contributed by atoms with E-state index in [1.54, 1.807) is 26.1 Å². The molecule has 0 radical (unpaired) electrons. The lowest BCUT2D eigenvalue weighted by atomic mass is 10.1. The largest absolute Gasteiger partial charge is 0.481 e. The molecule has 0 fully saturated rings. The molecule has 1 aromatic carbocycles. The number of aromatic nitrogens is 1. The first kappa shape index (κ1) is 18.4. The number of hydrogen-bond acceptors (Lipinski definition) is 5. The zero-order valence-electron chi connectivity index (χ0n) is 13.8. The first-order valence-corrected chi connectivity index (χ1v) is 8.65. The Labute approximate surface area is 154 Å². The lowest BCUT2D eigenvalue weighted by Gasteiger charge is -2.24. The summed E-state index contributed by atoms with van der Waals surface area (Å²) < 4.78 is 6.88. The van der Waals surface area contributed by atoms with Gasteiger partial charge in [0, 0.05) is 15.2 Å². The van der Waals surface area contributed by atoms with Crippen LogP contribution in [0.5, 0.6) is 5.75 Å². The average molecular weight is 441 g/mol. The van der Waals surface area contributed by atoms with Gasteiger partial charge in [-0.1, -0.05) is 12.1 Å². The molecule has 7 heteroatoms. The van der Waals surface area contributed by atoms with Crippen LogP contribution in [0.1, 0.15) is 27.2 Å². The van der Waals surface area contributed by atoms with Crippen LogP contribution in [0, 0.1) is 3.57 Å². The van der Waals surface area contributed by atoms with Gasteiger partial charge in [-0.25, -0.2) is 0 Å². The van der Waals surface area contributed by atoms with Gasteiger partial charge in [-0.3, -0.25) is 9.78 Å². The number of fused-ring (bicyclic) bond motifs is 1. The second-order valence-electron chi connectivity index (χ2n) is 5.98. The summed E-state index contributed by atoms with van der Waals surface area (Å²) in [6.07, 6.45) is 2.95. The summed E-state index contributed by atoms with van der Waals surface area (Å²) in [6.45, 7) is 5.35. The van der Waals surface area contributed by atoms with Crippen LogP contribution in [-0.2, 0) is 4.79 Å². The Balaban J connectivity index is 2.16. The van der Waals surface area contributed by atoms with Gasteiger partial charge in [-0.05, 0) is 67.1 Å². The molecule has 1 amide bonds. The topological polar surface area (TPSA) is 83.8 Å². The second-order valence-corrected chi connectivity index (χ2v) is 7.22. The van der Waals surface area contributed by atoms with Crippen molar-refractivity contribution in [3.63, 3.8) is 0 Å². The molecular weight excluding hydrogens is 421 g/mol. The van der Waals surface area contributed by atoms with E-state index in [1.807, 2.05) is 25.1 Å². The number of hydrogen-bond donors (Lipinski definition) is 2. The molecule has 6 nitrogen and oxygen atoms in total. The molecule has 0 aliphatic heterocycles. The Hall–Kier alpha value is -1.90. The van der Waals surface area contributed by atoms with Crippen LogP contribution in [0.15, 0.2) is 35.6 Å². The van der Waals surface area contributed by atoms with Gasteiger partial charge in [0.1, 0.15) is 5.75 Å². The molecule has 2 N–H and O–H groups in total. The first-order chi connectivity index (χ1) is 11.3. The summed E-state index contributed by atoms with van der Waals surface area (Å²) in [5.41, 5.74) is 0.118. The number of nitrogens with zero attached hydrogens (tertiary/aromatic N) is 2. The van der Waals surface area contributed by atoms with Gasteiger partial charge in [-0.15, -0.1) is 0 Å². The van der Waals surface area contributed by atoms with Crippen LogP contribution in [0.3, 0.4) is 0 Å². The number of ether oxygens (including phenoxy) is 1. The Morgan fingerprint density at radius 1 is 1.50 bits per heavy atom. The molecule has 0 saturated heterocycles. The van der Waals surface area contributed by atoms with Crippen LogP contribution in [-0.4, -0.2) is 34.0 Å². The molecule has 1 atom stereocenters. The van der Waals surface area contributed by atoms with E-state index in [4.69, 9.17) is 9.94 Å². The predicted octanol–water partition coefficient (Wildman–Crippen LogP) is 3.35. The van der Waals surface area contributed by atoms with Crippen molar-refractivity contribution in [2.24, 2.45) is 5.16 Å². The van der Waals surface area contributed by atoms with Crippen molar-refractivity contribution in [3.05, 3.63) is 34.0 Å². The number of nitrogens with one attached hydrogen (secondary N) is 1. The highest BCUT2D eigenvalue weighted by Crippen LogP contribution is 2.22. The van der Waals surface area contributed by atoms with E-state index in [-0.39, 0.29) is 5.91 Å². The molecule has 0 aliphatic rings. The van der Waals surface area contributed by atoms with Crippen molar-refractivity contribution in [2.75, 3.05) is 0 Å². The van der Waals surface area contributed by atoms with Gasteiger partial charge >= 0.3 is 0 Å². The first-order valence-electron chi connectivity index (χ1n) is 7.57. The fourth-order valence-corrected chi connectivity index (χ4v) is 2.69. The maximum absolute atomic E-state index is 12.4. The van der Waals surface area contributed by atoms with Gasteiger partial charge < -0.3 is 15.3 Å². The maximum Gasteiger partial charge on any atom is 0.261 e. The molecule has 128 valence electrons. The lowest BCUT2D eigenvalue weighted by Crippen LogP contribution is -2.50. The third-order valence-corrected chi connectivity index (χ3v) is 3.98. The molecule has 1 heterocycles. The number of halogens is 1. The minimum Gasteiger partial charge on any atom is -0.481 e. The normalized spacial score (nSPS) is 13.2. The number of benzene rings is 1. The van der Waals surface area contributed by atoms with E-state index in [2.05, 4.69) is 38.0 Å². The molecule has 2 aromatic rings. The van der Waals surface area contributed by atoms with E-state index in [1.165, 1.54) is 6.21 Å². The monoisotopic (exact) mass is 441 g/mol. The van der Waals surface area contributed by atoms with Crippen molar-refractivity contribution in [1.29, 1.82) is 0 Å². The average Bonchev–Trinajstić information content (AvgIpc) is 2.51. The van der Waals surface area contributed by atoms with E-state index in [0.29, 0.717) is 12.2 Å². The molecule has 0 aliphatic carbocycles. The second kappa shape index (κ2) is 7.78. The molecule has 1 aromatic heterocycles. The van der Waals surface area contributed by atoms with Crippen molar-refractivity contribution < 1.29 is 14.7 Å². The summed E-state index contributed by atoms with van der Waals surface area (Å²) >= 11 is 2.21. The number of amides is 1. The Kier molecular flexibility index (Phi) is 5.98. The molecule has 24 heavy (non-hydrogen) atoms. The minimum absolute atomic E-state index is 0.261. The summed E-state index contributed by atoms with van der Waals surface area (Å²) in [4.78, 5) is 16.7. The van der Waals surface area contributed by atoms with E-state index >= 15 is 0 Å². The molecular formula is C17H20IN3O3. The van der Waals surface area contributed by atoms with E-state index < -0.39 is 11.6 Å². The third kappa shape index (κ3) is 4.80. The summed E-state index contributed by atoms with van der Waals surface area (Å²) in [5.74, 6) is 0.352. The van der Waals surface area contributed by atoms with Gasteiger partial charge in [-0.2, -0.15) is 0 Å². The Morgan fingerprint density at radius 3 is 2.92 bits per heavy atom. The van der Waals surface area contributed by atoms with Crippen LogP contribution in [0.2, 0.25) is 0 Å². The summed E-state index contributed by atoms with van der Waals surface area (Å²) in [5, 5.41) is 15.4. The quantitative estimate of drug-likeness (QED) is 0.312. The maximum atomic E-state index is 12.4. The van der Waals surface area contributed by atoms with Crippen LogP contribution in [0.25, 0.3) is 10.9 Å². The van der Waals surface area contributed by atoms with Crippen LogP contribution < -0.4 is 10.1 Å². The lowest BCUT2D eigenvalue weighted by molar-refractivity contribution is -0.129. The molecule has 2 rings (SSSR count). The zero-order valence-corrected chi connectivity index (χ0v) is 15.9. The summed E-state index contributed by atoms with van der Waals surface area (Å²) in [6, 6.07) is 7.56. The van der Waals surface area contributed by atoms with Gasteiger partial charge in [0.15, 0.2) is 6.10 Å². The van der Waals surface area contributed by atoms with Crippen molar-refractivity contribution in [2.45, 2.75) is 38.8 Å². The fourth-order valence-electron chi connectivity index (χ4n) is 2.22. The van der Waals surface area contributed by atoms with Crippen LogP contribution >= 0.6 is 22.6 Å². The van der Waals surface area contributed by atoms with Crippen molar-refractivity contribution in [1.82, 2.24) is 10.3 Å². The number of rotatable bonds is 6. The third-order valence-electron chi connectivity index (χ3n) is 3.39. The Morgan fingerprint density at radius 2 is 2.25 bits per heavy atom. The van der Waals surface area contributed by atoms with Crippen molar-refractivity contribution in [3.8, 4) is 5.75 Å². The highest BCUT2D eigenvalue weighted by Gasteiger charge is 2.25. The molecule has 0 spiro atoms. The number of carbonyl (C=O) groups is 1. The van der Waals surface area contributed by atoms with E-state index in [0.717, 1.165) is 14.5 Å². The number of pyridine rings is 1. The van der Waals surface area contributed by atoms with Gasteiger partial charge in [0.05, 0.1) is 17.3 Å². The molecule has 0 saturated carbocycles. The van der Waals surface area contributed by atoms with Gasteiger partial charge in [0.25, 0.3) is 5.91 Å². The Bertz CT molecular complexity index is 762. The van der Waals surface area contributed by atoms with Crippen molar-refractivity contribution >= 4 is 45.6 Å². The number of carbonyl (C=O) groups excluding carboxylic acids is 1. The minimum atomic E-state index is -0.758.